The van der Waals surface area contributed by atoms with Crippen molar-refractivity contribution >= 4 is 0 Å². The molecular weight excluding hydrogens is 576 g/mol. The van der Waals surface area contributed by atoms with E-state index in [0.29, 0.717) is 41.4 Å². The van der Waals surface area contributed by atoms with Crippen molar-refractivity contribution in [3.8, 4) is 45.6 Å². The molecule has 0 aliphatic heterocycles. The molecule has 0 atom stereocenters. The van der Waals surface area contributed by atoms with Crippen molar-refractivity contribution in [3.05, 3.63) is 129 Å². The Morgan fingerprint density at radius 3 is 0.681 bits per heavy atom. The number of aryl methyl sites for hydroxylation is 8. The highest BCUT2D eigenvalue weighted by atomic mass is 15.1. The molecule has 47 heavy (non-hydrogen) atoms. The van der Waals surface area contributed by atoms with Crippen LogP contribution in [0.3, 0.4) is 0 Å². The standard InChI is InChI=1S/C39H38N6.C2H6/c1-22-9-23(2)14-30(13-22)36-40-34(41-37(44-36)31-15-24(3)10-25(4)16-31)21-35-42-38(32-17-26(5)11-27(6)18-32)45-39(43-35)33-19-28(7)12-29(8)20-33;1-2/h9-20H,21H2,1-8H3;1-2H3. The number of hydrogen-bond acceptors (Lipinski definition) is 6. The lowest BCUT2D eigenvalue weighted by Gasteiger charge is -2.12. The predicted molar refractivity (Wildman–Crippen MR) is 193 cm³/mol. The Morgan fingerprint density at radius 2 is 0.489 bits per heavy atom. The van der Waals surface area contributed by atoms with E-state index in [1.165, 1.54) is 0 Å². The summed E-state index contributed by atoms with van der Waals surface area (Å²) in [6.07, 6.45) is 0.330. The van der Waals surface area contributed by atoms with Crippen molar-refractivity contribution < 1.29 is 0 Å². The molecule has 0 spiro atoms. The largest absolute Gasteiger partial charge is 0.213 e. The molecule has 238 valence electrons. The minimum Gasteiger partial charge on any atom is -0.213 e. The summed E-state index contributed by atoms with van der Waals surface area (Å²) in [7, 11) is 0. The van der Waals surface area contributed by atoms with Gasteiger partial charge in [0.1, 0.15) is 11.6 Å². The Hall–Kier alpha value is -5.10. The average Bonchev–Trinajstić information content (AvgIpc) is 3.00. The van der Waals surface area contributed by atoms with Gasteiger partial charge in [0.15, 0.2) is 23.3 Å². The van der Waals surface area contributed by atoms with Crippen molar-refractivity contribution in [2.75, 3.05) is 0 Å². The fourth-order valence-electron chi connectivity index (χ4n) is 6.07. The number of nitrogens with zero attached hydrogens (tertiary/aromatic N) is 6. The van der Waals surface area contributed by atoms with E-state index >= 15 is 0 Å². The monoisotopic (exact) mass is 620 g/mol. The molecule has 0 amide bonds. The van der Waals surface area contributed by atoms with Crippen molar-refractivity contribution in [1.29, 1.82) is 0 Å². The first-order valence-corrected chi connectivity index (χ1v) is 16.3. The van der Waals surface area contributed by atoms with Crippen LogP contribution in [-0.4, -0.2) is 29.9 Å². The molecule has 0 aliphatic carbocycles. The van der Waals surface area contributed by atoms with E-state index in [0.717, 1.165) is 66.8 Å². The van der Waals surface area contributed by atoms with Gasteiger partial charge in [-0.3, -0.25) is 0 Å². The Morgan fingerprint density at radius 1 is 0.298 bits per heavy atom. The third-order valence-electron chi connectivity index (χ3n) is 7.60. The summed E-state index contributed by atoms with van der Waals surface area (Å²) in [6.45, 7) is 20.8. The van der Waals surface area contributed by atoms with Gasteiger partial charge in [0.2, 0.25) is 0 Å². The molecule has 0 saturated heterocycles. The quantitative estimate of drug-likeness (QED) is 0.184. The number of hydrogen-bond donors (Lipinski definition) is 0. The molecule has 6 aromatic rings. The lowest BCUT2D eigenvalue weighted by molar-refractivity contribution is 0.860. The second-order valence-corrected chi connectivity index (χ2v) is 12.5. The zero-order chi connectivity index (χ0) is 33.8. The van der Waals surface area contributed by atoms with Crippen LogP contribution in [-0.2, 0) is 6.42 Å². The highest BCUT2D eigenvalue weighted by molar-refractivity contribution is 5.65. The summed E-state index contributed by atoms with van der Waals surface area (Å²) >= 11 is 0. The second-order valence-electron chi connectivity index (χ2n) is 12.5. The van der Waals surface area contributed by atoms with Gasteiger partial charge in [0, 0.05) is 22.3 Å². The van der Waals surface area contributed by atoms with Crippen LogP contribution in [0.15, 0.2) is 72.8 Å². The van der Waals surface area contributed by atoms with E-state index in [-0.39, 0.29) is 0 Å². The number of aromatic nitrogens is 6. The smallest absolute Gasteiger partial charge is 0.163 e. The summed E-state index contributed by atoms with van der Waals surface area (Å²) in [4.78, 5) is 29.9. The van der Waals surface area contributed by atoms with Gasteiger partial charge in [0.25, 0.3) is 0 Å². The van der Waals surface area contributed by atoms with Crippen molar-refractivity contribution in [2.24, 2.45) is 0 Å². The SMILES string of the molecule is CC.Cc1cc(C)cc(-c2nc(Cc3nc(-c4cc(C)cc(C)c4)nc(-c4cc(C)cc(C)c4)n3)nc(-c3cc(C)cc(C)c3)n2)c1. The van der Waals surface area contributed by atoms with Crippen LogP contribution in [0.25, 0.3) is 45.6 Å². The van der Waals surface area contributed by atoms with Crippen molar-refractivity contribution in [2.45, 2.75) is 75.7 Å². The van der Waals surface area contributed by atoms with Crippen LogP contribution in [0.5, 0.6) is 0 Å². The van der Waals surface area contributed by atoms with Crippen molar-refractivity contribution in [1.82, 2.24) is 29.9 Å². The molecular formula is C41H44N6. The molecule has 6 heteroatoms. The first-order chi connectivity index (χ1) is 22.5. The normalized spacial score (nSPS) is 10.9. The molecule has 4 aromatic carbocycles. The molecule has 0 unspecified atom stereocenters. The molecule has 6 nitrogen and oxygen atoms in total. The lowest BCUT2D eigenvalue weighted by atomic mass is 10.1. The summed E-state index contributed by atoms with van der Waals surface area (Å²) < 4.78 is 0. The van der Waals surface area contributed by atoms with Crippen LogP contribution in [0, 0.1) is 55.4 Å². The Balaban J connectivity index is 0.00000213. The van der Waals surface area contributed by atoms with Crippen molar-refractivity contribution in [3.63, 3.8) is 0 Å². The van der Waals surface area contributed by atoms with Gasteiger partial charge in [-0.15, -0.1) is 0 Å². The zero-order valence-electron chi connectivity index (χ0n) is 29.3. The third-order valence-corrected chi connectivity index (χ3v) is 7.60. The van der Waals surface area contributed by atoms with E-state index in [1.54, 1.807) is 0 Å². The molecule has 0 fully saturated rings. The Bertz CT molecular complexity index is 1710. The van der Waals surface area contributed by atoms with Gasteiger partial charge < -0.3 is 0 Å². The second kappa shape index (κ2) is 14.1. The van der Waals surface area contributed by atoms with Gasteiger partial charge in [-0.1, -0.05) is 82.6 Å². The zero-order valence-corrected chi connectivity index (χ0v) is 29.3. The maximum absolute atomic E-state index is 4.99. The molecule has 0 saturated carbocycles. The highest BCUT2D eigenvalue weighted by Crippen LogP contribution is 2.27. The number of benzene rings is 4. The summed E-state index contributed by atoms with van der Waals surface area (Å²) in [5, 5.41) is 0. The molecule has 0 bridgehead atoms. The fourth-order valence-corrected chi connectivity index (χ4v) is 6.07. The van der Waals surface area contributed by atoms with E-state index < -0.39 is 0 Å². The Kier molecular flexibility index (Phi) is 10.00. The molecule has 2 aromatic heterocycles. The van der Waals surface area contributed by atoms with E-state index in [4.69, 9.17) is 29.9 Å². The predicted octanol–water partition coefficient (Wildman–Crippen LogP) is 9.81. The molecule has 6 rings (SSSR count). The van der Waals surface area contributed by atoms with E-state index in [9.17, 15) is 0 Å². The molecule has 0 aliphatic rings. The molecule has 0 N–H and O–H groups in total. The Labute approximate surface area is 279 Å². The summed E-state index contributed by atoms with van der Waals surface area (Å²) in [6, 6.07) is 25.6. The maximum atomic E-state index is 4.99. The van der Waals surface area contributed by atoms with Gasteiger partial charge in [-0.25, -0.2) is 29.9 Å². The fraction of sp³-hybridized carbons (Fsp3) is 0.268. The third kappa shape index (κ3) is 8.20. The topological polar surface area (TPSA) is 77.3 Å². The minimum absolute atomic E-state index is 0.330. The van der Waals surface area contributed by atoms with Gasteiger partial charge in [-0.2, -0.15) is 0 Å². The van der Waals surface area contributed by atoms with E-state index in [1.807, 2.05) is 13.8 Å². The van der Waals surface area contributed by atoms with E-state index in [2.05, 4.69) is 128 Å². The van der Waals surface area contributed by atoms with Crippen LogP contribution < -0.4 is 0 Å². The molecule has 2 heterocycles. The highest BCUT2D eigenvalue weighted by Gasteiger charge is 2.17. The lowest BCUT2D eigenvalue weighted by Crippen LogP contribution is -2.09. The van der Waals surface area contributed by atoms with Crippen LogP contribution >= 0.6 is 0 Å². The van der Waals surface area contributed by atoms with Gasteiger partial charge >= 0.3 is 0 Å². The maximum Gasteiger partial charge on any atom is 0.163 e. The van der Waals surface area contributed by atoms with Gasteiger partial charge in [-0.05, 0) is 104 Å². The minimum atomic E-state index is 0.330. The van der Waals surface area contributed by atoms with Crippen LogP contribution in [0.1, 0.15) is 70.0 Å². The summed E-state index contributed by atoms with van der Waals surface area (Å²) in [5.74, 6) is 3.77. The molecule has 0 radical (unpaired) electrons. The first-order valence-electron chi connectivity index (χ1n) is 16.3. The average molecular weight is 621 g/mol. The van der Waals surface area contributed by atoms with Crippen LogP contribution in [0.2, 0.25) is 0 Å². The van der Waals surface area contributed by atoms with Crippen LogP contribution in [0.4, 0.5) is 0 Å². The number of rotatable bonds is 6. The first kappa shape index (κ1) is 33.3. The summed E-state index contributed by atoms with van der Waals surface area (Å²) in [5.41, 5.74) is 13.1. The van der Waals surface area contributed by atoms with Gasteiger partial charge in [0.05, 0.1) is 6.42 Å².